The zero-order valence-electron chi connectivity index (χ0n) is 7.27. The summed E-state index contributed by atoms with van der Waals surface area (Å²) in [6.07, 6.45) is 3.00. The van der Waals surface area contributed by atoms with Gasteiger partial charge in [0.05, 0.1) is 12.3 Å². The Kier molecular flexibility index (Phi) is 1.45. The number of hydrogen-bond donors (Lipinski definition) is 0. The van der Waals surface area contributed by atoms with E-state index < -0.39 is 0 Å². The molecule has 0 aliphatic carbocycles. The van der Waals surface area contributed by atoms with Crippen LogP contribution < -0.4 is 0 Å². The van der Waals surface area contributed by atoms with E-state index in [9.17, 15) is 0 Å². The van der Waals surface area contributed by atoms with Crippen LogP contribution in [0.2, 0.25) is 0 Å². The predicted octanol–water partition coefficient (Wildman–Crippen LogP) is 1.10. The second-order valence-electron chi connectivity index (χ2n) is 3.54. The summed E-state index contributed by atoms with van der Waals surface area (Å²) in [7, 11) is 0. The van der Waals surface area contributed by atoms with Crippen LogP contribution >= 0.6 is 0 Å². The summed E-state index contributed by atoms with van der Waals surface area (Å²) in [6, 6.07) is 5.97. The molecule has 68 valence electrons. The molecule has 3 heterocycles. The fraction of sp³-hybridized carbons (Fsp3) is 0.500. The first-order valence-corrected chi connectivity index (χ1v) is 4.59. The van der Waals surface area contributed by atoms with Gasteiger partial charge in [0.25, 0.3) is 0 Å². The van der Waals surface area contributed by atoms with Crippen molar-refractivity contribution in [3.8, 4) is 0 Å². The molecule has 0 aromatic carbocycles. The molecule has 3 nitrogen and oxygen atoms in total. The molecule has 2 aliphatic heterocycles. The lowest BCUT2D eigenvalue weighted by atomic mass is 9.95. The molecule has 2 saturated heterocycles. The van der Waals surface area contributed by atoms with Gasteiger partial charge in [-0.2, -0.15) is 0 Å². The number of fused-ring (bicyclic) bond motifs is 1. The molecule has 13 heavy (non-hydrogen) atoms. The van der Waals surface area contributed by atoms with E-state index in [1.165, 1.54) is 0 Å². The van der Waals surface area contributed by atoms with Gasteiger partial charge in [-0.15, -0.1) is 0 Å². The van der Waals surface area contributed by atoms with Gasteiger partial charge in [-0.05, 0) is 12.1 Å². The molecule has 3 rings (SSSR count). The van der Waals surface area contributed by atoms with Crippen LogP contribution in [0, 0.1) is 0 Å². The highest BCUT2D eigenvalue weighted by atomic mass is 16.6. The van der Waals surface area contributed by atoms with E-state index in [1.54, 1.807) is 0 Å². The average Bonchev–Trinajstić information content (AvgIpc) is 2.94. The summed E-state index contributed by atoms with van der Waals surface area (Å²) < 4.78 is 11.0. The summed E-state index contributed by atoms with van der Waals surface area (Å²) in [5.41, 5.74) is 0.961. The molecule has 1 aromatic heterocycles. The van der Waals surface area contributed by atoms with Crippen LogP contribution in [-0.2, 0) is 15.1 Å². The highest BCUT2D eigenvalue weighted by Crippen LogP contribution is 2.50. The number of ether oxygens (including phenoxy) is 2. The van der Waals surface area contributed by atoms with Crippen molar-refractivity contribution in [2.24, 2.45) is 0 Å². The average molecular weight is 177 g/mol. The molecule has 2 atom stereocenters. The Hall–Kier alpha value is -0.930. The molecule has 3 heteroatoms. The number of pyridine rings is 1. The van der Waals surface area contributed by atoms with Gasteiger partial charge >= 0.3 is 0 Å². The largest absolute Gasteiger partial charge is 0.378 e. The summed E-state index contributed by atoms with van der Waals surface area (Å²) in [5.74, 6) is 0. The quantitative estimate of drug-likeness (QED) is 0.602. The summed E-state index contributed by atoms with van der Waals surface area (Å²) in [6.45, 7) is 1.50. The van der Waals surface area contributed by atoms with Crippen molar-refractivity contribution in [1.82, 2.24) is 4.98 Å². The van der Waals surface area contributed by atoms with Crippen LogP contribution in [0.25, 0.3) is 0 Å². The molecule has 0 N–H and O–H groups in total. The zero-order chi connectivity index (χ0) is 8.73. The van der Waals surface area contributed by atoms with Crippen LogP contribution in [-0.4, -0.2) is 24.3 Å². The predicted molar refractivity (Wildman–Crippen MR) is 46.2 cm³/mol. The molecule has 2 aliphatic rings. The number of hydrogen-bond acceptors (Lipinski definition) is 3. The highest BCUT2D eigenvalue weighted by molar-refractivity contribution is 5.23. The second-order valence-corrected chi connectivity index (χ2v) is 3.54. The maximum Gasteiger partial charge on any atom is 0.141 e. The van der Waals surface area contributed by atoms with Gasteiger partial charge in [-0.25, -0.2) is 0 Å². The van der Waals surface area contributed by atoms with Crippen molar-refractivity contribution in [1.29, 1.82) is 0 Å². The molecule has 0 amide bonds. The monoisotopic (exact) mass is 177 g/mol. The van der Waals surface area contributed by atoms with Crippen LogP contribution in [0.15, 0.2) is 24.4 Å². The third-order valence-electron chi connectivity index (χ3n) is 2.80. The molecular weight excluding hydrogens is 166 g/mol. The maximum absolute atomic E-state index is 5.66. The molecule has 2 fully saturated rings. The number of nitrogens with zero attached hydrogens (tertiary/aromatic N) is 1. The van der Waals surface area contributed by atoms with Crippen molar-refractivity contribution in [2.75, 3.05) is 13.2 Å². The third kappa shape index (κ3) is 1.01. The minimum Gasteiger partial charge on any atom is -0.378 e. The molecule has 0 bridgehead atoms. The topological polar surface area (TPSA) is 34.6 Å². The Balaban J connectivity index is 1.94. The van der Waals surface area contributed by atoms with E-state index in [2.05, 4.69) is 4.98 Å². The molecule has 0 saturated carbocycles. The van der Waals surface area contributed by atoms with Crippen molar-refractivity contribution in [2.45, 2.75) is 18.1 Å². The Morgan fingerprint density at radius 2 is 2.46 bits per heavy atom. The smallest absolute Gasteiger partial charge is 0.141 e. The Morgan fingerprint density at radius 3 is 3.23 bits per heavy atom. The molecule has 0 spiro atoms. The molecular formula is C10H11NO2. The lowest BCUT2D eigenvalue weighted by Crippen LogP contribution is -2.25. The first-order valence-electron chi connectivity index (χ1n) is 4.59. The van der Waals surface area contributed by atoms with E-state index in [1.807, 2.05) is 24.4 Å². The lowest BCUT2D eigenvalue weighted by molar-refractivity contribution is 0.0967. The van der Waals surface area contributed by atoms with Crippen molar-refractivity contribution in [3.05, 3.63) is 30.1 Å². The first kappa shape index (κ1) is 7.47. The zero-order valence-corrected chi connectivity index (χ0v) is 7.27. The Bertz CT molecular complexity index is 314. The van der Waals surface area contributed by atoms with Gasteiger partial charge in [0, 0.05) is 19.2 Å². The molecule has 0 radical (unpaired) electrons. The SMILES string of the molecule is c1ccc(C23CCOCC2O3)nc1. The van der Waals surface area contributed by atoms with Gasteiger partial charge in [-0.3, -0.25) is 4.98 Å². The minimum atomic E-state index is -0.0977. The van der Waals surface area contributed by atoms with Crippen LogP contribution in [0.5, 0.6) is 0 Å². The standard InChI is InChI=1S/C10H11NO2/c1-2-5-11-8(3-1)10-4-6-12-7-9(10)13-10/h1-3,5,9H,4,6-7H2. The van der Waals surface area contributed by atoms with E-state index >= 15 is 0 Å². The van der Waals surface area contributed by atoms with Crippen molar-refractivity contribution >= 4 is 0 Å². The number of epoxide rings is 1. The van der Waals surface area contributed by atoms with Crippen LogP contribution in [0.1, 0.15) is 12.1 Å². The van der Waals surface area contributed by atoms with E-state index in [4.69, 9.17) is 9.47 Å². The van der Waals surface area contributed by atoms with Gasteiger partial charge in [0.2, 0.25) is 0 Å². The minimum absolute atomic E-state index is 0.0977. The Morgan fingerprint density at radius 1 is 1.46 bits per heavy atom. The second kappa shape index (κ2) is 2.53. The summed E-state index contributed by atoms with van der Waals surface area (Å²) in [4.78, 5) is 4.34. The van der Waals surface area contributed by atoms with Gasteiger partial charge in [0.15, 0.2) is 0 Å². The third-order valence-corrected chi connectivity index (χ3v) is 2.80. The number of rotatable bonds is 1. The van der Waals surface area contributed by atoms with Gasteiger partial charge in [0.1, 0.15) is 11.7 Å². The lowest BCUT2D eigenvalue weighted by Gasteiger charge is -2.16. The van der Waals surface area contributed by atoms with Gasteiger partial charge < -0.3 is 9.47 Å². The summed E-state index contributed by atoms with van der Waals surface area (Å²) >= 11 is 0. The molecule has 1 aromatic rings. The fourth-order valence-electron chi connectivity index (χ4n) is 1.99. The van der Waals surface area contributed by atoms with Crippen LogP contribution in [0.4, 0.5) is 0 Å². The van der Waals surface area contributed by atoms with Crippen molar-refractivity contribution in [3.63, 3.8) is 0 Å². The summed E-state index contributed by atoms with van der Waals surface area (Å²) in [5, 5.41) is 0. The Labute approximate surface area is 76.7 Å². The fourth-order valence-corrected chi connectivity index (χ4v) is 1.99. The van der Waals surface area contributed by atoms with Gasteiger partial charge in [-0.1, -0.05) is 6.07 Å². The van der Waals surface area contributed by atoms with Crippen LogP contribution in [0.3, 0.4) is 0 Å². The van der Waals surface area contributed by atoms with E-state index in [0.717, 1.165) is 25.3 Å². The van der Waals surface area contributed by atoms with E-state index in [0.29, 0.717) is 0 Å². The first-order chi connectivity index (χ1) is 6.42. The highest BCUT2D eigenvalue weighted by Gasteiger charge is 2.60. The van der Waals surface area contributed by atoms with Crippen molar-refractivity contribution < 1.29 is 9.47 Å². The maximum atomic E-state index is 5.66. The normalized spacial score (nSPS) is 36.8. The molecule has 2 unspecified atom stereocenters. The number of aromatic nitrogens is 1. The van der Waals surface area contributed by atoms with E-state index in [-0.39, 0.29) is 11.7 Å².